The van der Waals surface area contributed by atoms with Gasteiger partial charge in [0, 0.05) is 12.2 Å². The first-order valence-electron chi connectivity index (χ1n) is 7.79. The number of aryl methyl sites for hydroxylation is 2. The van der Waals surface area contributed by atoms with Gasteiger partial charge in [-0.2, -0.15) is 10.2 Å². The van der Waals surface area contributed by atoms with Crippen molar-refractivity contribution in [2.24, 2.45) is 0 Å². The quantitative estimate of drug-likeness (QED) is 0.778. The third kappa shape index (κ3) is 3.34. The van der Waals surface area contributed by atoms with Gasteiger partial charge in [-0.3, -0.25) is 9.48 Å². The van der Waals surface area contributed by atoms with Gasteiger partial charge >= 0.3 is 0 Å². The normalized spacial score (nSPS) is 12.1. The Labute approximate surface area is 140 Å². The summed E-state index contributed by atoms with van der Waals surface area (Å²) in [4.78, 5) is 16.3. The van der Waals surface area contributed by atoms with Crippen LogP contribution in [0.2, 0.25) is 0 Å². The fourth-order valence-electron chi connectivity index (χ4n) is 2.59. The van der Waals surface area contributed by atoms with Crippen molar-refractivity contribution in [1.29, 1.82) is 0 Å². The molecule has 3 rings (SSSR count). The number of hydrogen-bond donors (Lipinski definition) is 1. The van der Waals surface area contributed by atoms with Gasteiger partial charge in [0.1, 0.15) is 18.7 Å². The summed E-state index contributed by atoms with van der Waals surface area (Å²) in [5.74, 6) is -0.0541. The van der Waals surface area contributed by atoms with E-state index in [-0.39, 0.29) is 11.9 Å². The summed E-state index contributed by atoms with van der Waals surface area (Å²) in [6.45, 7) is 6.19. The van der Waals surface area contributed by atoms with Gasteiger partial charge in [-0.05, 0) is 44.5 Å². The van der Waals surface area contributed by atoms with Crippen molar-refractivity contribution in [3.05, 3.63) is 59.9 Å². The Hall–Kier alpha value is -2.96. The molecule has 2 heterocycles. The summed E-state index contributed by atoms with van der Waals surface area (Å²) in [6.07, 6.45) is 3.14. The lowest BCUT2D eigenvalue weighted by molar-refractivity contribution is -0.124. The molecule has 0 saturated carbocycles. The smallest absolute Gasteiger partial charge is 0.244 e. The number of benzene rings is 1. The van der Waals surface area contributed by atoms with E-state index in [1.54, 1.807) is 15.7 Å². The minimum absolute atomic E-state index is 0.0541. The zero-order valence-electron chi connectivity index (χ0n) is 14.0. The van der Waals surface area contributed by atoms with Crippen molar-refractivity contribution in [2.75, 3.05) is 0 Å². The predicted octanol–water partition coefficient (Wildman–Crippen LogP) is 1.96. The molecule has 124 valence electrons. The number of nitrogens with zero attached hydrogens (tertiary/aromatic N) is 5. The Morgan fingerprint density at radius 3 is 2.58 bits per heavy atom. The largest absolute Gasteiger partial charge is 0.350 e. The van der Waals surface area contributed by atoms with Gasteiger partial charge in [0.05, 0.1) is 11.4 Å². The van der Waals surface area contributed by atoms with E-state index in [0.29, 0.717) is 6.54 Å². The topological polar surface area (TPSA) is 77.6 Å². The molecular weight excluding hydrogens is 304 g/mol. The third-order valence-electron chi connectivity index (χ3n) is 3.88. The van der Waals surface area contributed by atoms with Crippen molar-refractivity contribution >= 4 is 5.91 Å². The standard InChI is InChI=1S/C17H20N6O/c1-12-8-13(2)23(21-12)14(3)17(24)19-9-15-4-6-16(7-5-15)22-11-18-10-20-22/h4-8,10-11,14H,9H2,1-3H3,(H,19,24). The van der Waals surface area contributed by atoms with Crippen LogP contribution in [-0.4, -0.2) is 30.5 Å². The number of nitrogens with one attached hydrogen (secondary N) is 1. The van der Waals surface area contributed by atoms with E-state index in [1.807, 2.05) is 51.1 Å². The van der Waals surface area contributed by atoms with Crippen molar-refractivity contribution in [1.82, 2.24) is 29.9 Å². The lowest BCUT2D eigenvalue weighted by Crippen LogP contribution is -2.31. The molecule has 1 N–H and O–H groups in total. The molecule has 0 aliphatic carbocycles. The zero-order valence-corrected chi connectivity index (χ0v) is 14.0. The van der Waals surface area contributed by atoms with Crippen LogP contribution >= 0.6 is 0 Å². The minimum atomic E-state index is -0.340. The Kier molecular flexibility index (Phi) is 4.41. The number of amides is 1. The SMILES string of the molecule is Cc1cc(C)n(C(C)C(=O)NCc2ccc(-n3cncn3)cc2)n1. The number of carbonyl (C=O) groups is 1. The summed E-state index contributed by atoms with van der Waals surface area (Å²) in [5.41, 5.74) is 3.84. The molecule has 2 aromatic heterocycles. The lowest BCUT2D eigenvalue weighted by atomic mass is 10.2. The number of rotatable bonds is 5. The second kappa shape index (κ2) is 6.66. The molecule has 0 aliphatic rings. The van der Waals surface area contributed by atoms with Crippen LogP contribution in [-0.2, 0) is 11.3 Å². The van der Waals surface area contributed by atoms with Crippen LogP contribution in [0, 0.1) is 13.8 Å². The van der Waals surface area contributed by atoms with E-state index in [2.05, 4.69) is 20.5 Å². The van der Waals surface area contributed by atoms with Gasteiger partial charge < -0.3 is 5.32 Å². The van der Waals surface area contributed by atoms with Gasteiger partial charge in [0.15, 0.2) is 0 Å². The Morgan fingerprint density at radius 2 is 2.00 bits per heavy atom. The maximum absolute atomic E-state index is 12.3. The molecular formula is C17H20N6O. The average molecular weight is 324 g/mol. The number of carbonyl (C=O) groups excluding carboxylic acids is 1. The Bertz CT molecular complexity index is 819. The molecule has 7 nitrogen and oxygen atoms in total. The van der Waals surface area contributed by atoms with E-state index >= 15 is 0 Å². The van der Waals surface area contributed by atoms with Gasteiger partial charge in [-0.1, -0.05) is 12.1 Å². The first-order chi connectivity index (χ1) is 11.5. The highest BCUT2D eigenvalue weighted by molar-refractivity contribution is 5.79. The first kappa shape index (κ1) is 15.9. The molecule has 1 unspecified atom stereocenters. The lowest BCUT2D eigenvalue weighted by Gasteiger charge is -2.14. The summed E-state index contributed by atoms with van der Waals surface area (Å²) < 4.78 is 3.44. The monoisotopic (exact) mass is 324 g/mol. The van der Waals surface area contributed by atoms with E-state index in [0.717, 1.165) is 22.6 Å². The van der Waals surface area contributed by atoms with Crippen molar-refractivity contribution in [3.63, 3.8) is 0 Å². The highest BCUT2D eigenvalue weighted by atomic mass is 16.2. The molecule has 0 fully saturated rings. The van der Waals surface area contributed by atoms with Crippen molar-refractivity contribution < 1.29 is 4.79 Å². The van der Waals surface area contributed by atoms with Crippen LogP contribution < -0.4 is 5.32 Å². The van der Waals surface area contributed by atoms with Gasteiger partial charge in [0.25, 0.3) is 0 Å². The highest BCUT2D eigenvalue weighted by Gasteiger charge is 2.17. The molecule has 0 radical (unpaired) electrons. The highest BCUT2D eigenvalue weighted by Crippen LogP contribution is 2.12. The second-order valence-electron chi connectivity index (χ2n) is 5.77. The van der Waals surface area contributed by atoms with Gasteiger partial charge in [0.2, 0.25) is 5.91 Å². The van der Waals surface area contributed by atoms with Crippen molar-refractivity contribution in [3.8, 4) is 5.69 Å². The molecule has 7 heteroatoms. The van der Waals surface area contributed by atoms with E-state index < -0.39 is 0 Å². The molecule has 24 heavy (non-hydrogen) atoms. The van der Waals surface area contributed by atoms with Crippen LogP contribution in [0.25, 0.3) is 5.69 Å². The molecule has 0 spiro atoms. The summed E-state index contributed by atoms with van der Waals surface area (Å²) in [5, 5.41) is 11.4. The van der Waals surface area contributed by atoms with Crippen LogP contribution in [0.15, 0.2) is 43.0 Å². The molecule has 0 bridgehead atoms. The maximum atomic E-state index is 12.3. The Morgan fingerprint density at radius 1 is 1.25 bits per heavy atom. The number of aromatic nitrogens is 5. The van der Waals surface area contributed by atoms with Crippen LogP contribution in [0.3, 0.4) is 0 Å². The molecule has 1 atom stereocenters. The van der Waals surface area contributed by atoms with Gasteiger partial charge in [-0.15, -0.1) is 0 Å². The fraction of sp³-hybridized carbons (Fsp3) is 0.294. The Balaban J connectivity index is 1.61. The van der Waals surface area contributed by atoms with Crippen LogP contribution in [0.1, 0.15) is 29.9 Å². The first-order valence-corrected chi connectivity index (χ1v) is 7.79. The predicted molar refractivity (Wildman–Crippen MR) is 89.6 cm³/mol. The summed E-state index contributed by atoms with van der Waals surface area (Å²) in [7, 11) is 0. The van der Waals surface area contributed by atoms with Gasteiger partial charge in [-0.25, -0.2) is 9.67 Å². The fourth-order valence-corrected chi connectivity index (χ4v) is 2.59. The van der Waals surface area contributed by atoms with Crippen LogP contribution in [0.5, 0.6) is 0 Å². The third-order valence-corrected chi connectivity index (χ3v) is 3.88. The minimum Gasteiger partial charge on any atom is -0.350 e. The molecule has 1 aromatic carbocycles. The van der Waals surface area contributed by atoms with Crippen LogP contribution in [0.4, 0.5) is 0 Å². The molecule has 0 saturated heterocycles. The maximum Gasteiger partial charge on any atom is 0.244 e. The molecule has 1 amide bonds. The summed E-state index contributed by atoms with van der Waals surface area (Å²) in [6, 6.07) is 9.44. The second-order valence-corrected chi connectivity index (χ2v) is 5.77. The van der Waals surface area contributed by atoms with E-state index in [9.17, 15) is 4.79 Å². The number of hydrogen-bond acceptors (Lipinski definition) is 4. The molecule has 0 aliphatic heterocycles. The molecule has 3 aromatic rings. The van der Waals surface area contributed by atoms with E-state index in [1.165, 1.54) is 6.33 Å². The van der Waals surface area contributed by atoms with Crippen molar-refractivity contribution in [2.45, 2.75) is 33.4 Å². The average Bonchev–Trinajstić information content (AvgIpc) is 3.22. The zero-order chi connectivity index (χ0) is 17.1. The summed E-state index contributed by atoms with van der Waals surface area (Å²) >= 11 is 0. The van der Waals surface area contributed by atoms with E-state index in [4.69, 9.17) is 0 Å².